The van der Waals surface area contributed by atoms with E-state index in [2.05, 4.69) is 0 Å². The fourth-order valence-corrected chi connectivity index (χ4v) is 4.75. The van der Waals surface area contributed by atoms with Gasteiger partial charge in [0.2, 0.25) is 5.91 Å². The molecule has 2 fully saturated rings. The molecule has 0 saturated carbocycles. The van der Waals surface area contributed by atoms with Gasteiger partial charge in [0.15, 0.2) is 0 Å². The van der Waals surface area contributed by atoms with Crippen molar-refractivity contribution in [1.29, 1.82) is 0 Å². The number of methoxy groups -OCH3 is 3. The molecule has 2 aliphatic rings. The smallest absolute Gasteiger partial charge is 0.254 e. The van der Waals surface area contributed by atoms with Gasteiger partial charge in [-0.25, -0.2) is 0 Å². The summed E-state index contributed by atoms with van der Waals surface area (Å²) in [6.07, 6.45) is 1.24. The highest BCUT2D eigenvalue weighted by Crippen LogP contribution is 2.26. The molecule has 4 rings (SSSR count). The first-order valence-electron chi connectivity index (χ1n) is 12.2. The zero-order valence-electron chi connectivity index (χ0n) is 21.1. The van der Waals surface area contributed by atoms with Crippen molar-refractivity contribution in [2.24, 2.45) is 5.92 Å². The molecule has 192 valence electrons. The standard InChI is InChI=1S/C27H33N3O6/c1-34-22-6-4-19(5-7-22)25(31)29-12-14-30(15-13-29)26(32)20-8-10-28(11-9-20)27(33)21-16-23(35-2)18-24(17-21)36-3/h4-7,16-18,20H,8-15H2,1-3H3. The first-order chi connectivity index (χ1) is 17.4. The summed E-state index contributed by atoms with van der Waals surface area (Å²) in [5.41, 5.74) is 1.12. The second-order valence-corrected chi connectivity index (χ2v) is 9.01. The topological polar surface area (TPSA) is 88.6 Å². The van der Waals surface area contributed by atoms with Crippen LogP contribution < -0.4 is 14.2 Å². The van der Waals surface area contributed by atoms with Crippen LogP contribution in [0.5, 0.6) is 17.2 Å². The van der Waals surface area contributed by atoms with E-state index < -0.39 is 0 Å². The van der Waals surface area contributed by atoms with Crippen molar-refractivity contribution < 1.29 is 28.6 Å². The summed E-state index contributed by atoms with van der Waals surface area (Å²) in [5.74, 6) is 1.70. The van der Waals surface area contributed by atoms with Crippen LogP contribution in [0.2, 0.25) is 0 Å². The van der Waals surface area contributed by atoms with Gasteiger partial charge in [-0.1, -0.05) is 0 Å². The number of ether oxygens (including phenoxy) is 3. The summed E-state index contributed by atoms with van der Waals surface area (Å²) in [5, 5.41) is 0. The summed E-state index contributed by atoms with van der Waals surface area (Å²) in [7, 11) is 4.69. The number of piperazine rings is 1. The zero-order chi connectivity index (χ0) is 25.7. The number of piperidine rings is 1. The summed E-state index contributed by atoms with van der Waals surface area (Å²) in [6, 6.07) is 12.2. The maximum atomic E-state index is 13.2. The lowest BCUT2D eigenvalue weighted by molar-refractivity contribution is -0.138. The molecule has 2 heterocycles. The van der Waals surface area contributed by atoms with Crippen LogP contribution in [0.3, 0.4) is 0 Å². The van der Waals surface area contributed by atoms with Gasteiger partial charge < -0.3 is 28.9 Å². The van der Waals surface area contributed by atoms with E-state index in [1.807, 2.05) is 4.90 Å². The molecule has 2 aromatic carbocycles. The van der Waals surface area contributed by atoms with E-state index in [1.165, 1.54) is 0 Å². The molecule has 9 nitrogen and oxygen atoms in total. The summed E-state index contributed by atoms with van der Waals surface area (Å²) >= 11 is 0. The van der Waals surface area contributed by atoms with E-state index >= 15 is 0 Å². The van der Waals surface area contributed by atoms with Gasteiger partial charge in [-0.3, -0.25) is 14.4 Å². The van der Waals surface area contributed by atoms with Crippen LogP contribution in [-0.2, 0) is 4.79 Å². The van der Waals surface area contributed by atoms with Gasteiger partial charge in [0.05, 0.1) is 21.3 Å². The Morgan fingerprint density at radius 1 is 0.611 bits per heavy atom. The predicted molar refractivity (Wildman–Crippen MR) is 134 cm³/mol. The molecule has 2 saturated heterocycles. The van der Waals surface area contributed by atoms with Crippen molar-refractivity contribution in [3.63, 3.8) is 0 Å². The van der Waals surface area contributed by atoms with Crippen LogP contribution in [-0.4, -0.2) is 93.0 Å². The van der Waals surface area contributed by atoms with Gasteiger partial charge in [0, 0.05) is 62.4 Å². The Kier molecular flexibility index (Phi) is 7.97. The molecule has 0 N–H and O–H groups in total. The number of hydrogen-bond donors (Lipinski definition) is 0. The van der Waals surface area contributed by atoms with Crippen molar-refractivity contribution in [3.05, 3.63) is 53.6 Å². The van der Waals surface area contributed by atoms with E-state index in [9.17, 15) is 14.4 Å². The number of hydrogen-bond acceptors (Lipinski definition) is 6. The highest BCUT2D eigenvalue weighted by Gasteiger charge is 2.33. The Morgan fingerprint density at radius 3 is 1.61 bits per heavy atom. The fraction of sp³-hybridized carbons (Fsp3) is 0.444. The summed E-state index contributed by atoms with van der Waals surface area (Å²) in [6.45, 7) is 3.08. The van der Waals surface area contributed by atoms with Crippen LogP contribution >= 0.6 is 0 Å². The molecule has 0 unspecified atom stereocenters. The number of carbonyl (C=O) groups excluding carboxylic acids is 3. The van der Waals surface area contributed by atoms with Crippen LogP contribution in [0, 0.1) is 5.92 Å². The molecule has 0 atom stereocenters. The van der Waals surface area contributed by atoms with Crippen LogP contribution in [0.1, 0.15) is 33.6 Å². The van der Waals surface area contributed by atoms with Gasteiger partial charge in [0.1, 0.15) is 17.2 Å². The zero-order valence-corrected chi connectivity index (χ0v) is 21.1. The van der Waals surface area contributed by atoms with Gasteiger partial charge >= 0.3 is 0 Å². The third kappa shape index (κ3) is 5.56. The number of benzene rings is 2. The lowest BCUT2D eigenvalue weighted by atomic mass is 9.94. The highest BCUT2D eigenvalue weighted by atomic mass is 16.5. The van der Waals surface area contributed by atoms with Crippen molar-refractivity contribution in [1.82, 2.24) is 14.7 Å². The molecule has 2 aliphatic heterocycles. The second-order valence-electron chi connectivity index (χ2n) is 9.01. The maximum Gasteiger partial charge on any atom is 0.254 e. The van der Waals surface area contributed by atoms with Gasteiger partial charge in [-0.2, -0.15) is 0 Å². The normalized spacial score (nSPS) is 16.5. The molecular weight excluding hydrogens is 462 g/mol. The Labute approximate surface area is 211 Å². The van der Waals surface area contributed by atoms with Gasteiger partial charge in [-0.05, 0) is 49.2 Å². The Bertz CT molecular complexity index is 1060. The highest BCUT2D eigenvalue weighted by molar-refractivity contribution is 5.95. The Hall–Kier alpha value is -3.75. The number of likely N-dealkylation sites (tertiary alicyclic amines) is 1. The number of nitrogens with zero attached hydrogens (tertiary/aromatic N) is 3. The van der Waals surface area contributed by atoms with Crippen molar-refractivity contribution in [3.8, 4) is 17.2 Å². The van der Waals surface area contributed by atoms with E-state index in [-0.39, 0.29) is 23.6 Å². The first-order valence-corrected chi connectivity index (χ1v) is 12.2. The van der Waals surface area contributed by atoms with Crippen molar-refractivity contribution >= 4 is 17.7 Å². The van der Waals surface area contributed by atoms with E-state index in [0.29, 0.717) is 80.5 Å². The van der Waals surface area contributed by atoms with Crippen LogP contribution in [0.15, 0.2) is 42.5 Å². The minimum atomic E-state index is -0.113. The SMILES string of the molecule is COc1ccc(C(=O)N2CCN(C(=O)C3CCN(C(=O)c4cc(OC)cc(OC)c4)CC3)CC2)cc1. The Morgan fingerprint density at radius 2 is 1.08 bits per heavy atom. The lowest BCUT2D eigenvalue weighted by Gasteiger charge is -2.38. The summed E-state index contributed by atoms with van der Waals surface area (Å²) < 4.78 is 15.7. The van der Waals surface area contributed by atoms with E-state index in [4.69, 9.17) is 14.2 Å². The number of amides is 3. The molecule has 0 aromatic heterocycles. The minimum Gasteiger partial charge on any atom is -0.497 e. The van der Waals surface area contributed by atoms with Crippen LogP contribution in [0.4, 0.5) is 0 Å². The number of carbonyl (C=O) groups is 3. The Balaban J connectivity index is 1.28. The van der Waals surface area contributed by atoms with Crippen molar-refractivity contribution in [2.45, 2.75) is 12.8 Å². The molecule has 0 bridgehead atoms. The van der Waals surface area contributed by atoms with Gasteiger partial charge in [-0.15, -0.1) is 0 Å². The number of rotatable bonds is 6. The van der Waals surface area contributed by atoms with E-state index in [1.54, 1.807) is 73.6 Å². The molecule has 3 amide bonds. The van der Waals surface area contributed by atoms with Crippen molar-refractivity contribution in [2.75, 3.05) is 60.6 Å². The first kappa shape index (κ1) is 25.3. The third-order valence-corrected chi connectivity index (χ3v) is 6.95. The van der Waals surface area contributed by atoms with E-state index in [0.717, 1.165) is 0 Å². The monoisotopic (exact) mass is 495 g/mol. The molecule has 36 heavy (non-hydrogen) atoms. The molecule has 0 aliphatic carbocycles. The third-order valence-electron chi connectivity index (χ3n) is 6.95. The van der Waals surface area contributed by atoms with Gasteiger partial charge in [0.25, 0.3) is 11.8 Å². The fourth-order valence-electron chi connectivity index (χ4n) is 4.75. The quantitative estimate of drug-likeness (QED) is 0.612. The minimum absolute atomic E-state index is 0.0363. The van der Waals surface area contributed by atoms with Crippen LogP contribution in [0.25, 0.3) is 0 Å². The molecule has 0 radical (unpaired) electrons. The average Bonchev–Trinajstić information content (AvgIpc) is 2.95. The molecule has 9 heteroatoms. The molecule has 0 spiro atoms. The lowest BCUT2D eigenvalue weighted by Crippen LogP contribution is -2.53. The average molecular weight is 496 g/mol. The maximum absolute atomic E-state index is 13.2. The molecule has 2 aromatic rings. The second kappa shape index (κ2) is 11.3. The molecular formula is C27H33N3O6. The predicted octanol–water partition coefficient (Wildman–Crippen LogP) is 2.55. The largest absolute Gasteiger partial charge is 0.497 e. The summed E-state index contributed by atoms with van der Waals surface area (Å²) in [4.78, 5) is 44.4.